The van der Waals surface area contributed by atoms with Crippen LogP contribution in [-0.4, -0.2) is 37.3 Å². The van der Waals surface area contributed by atoms with Gasteiger partial charge in [0.1, 0.15) is 0 Å². The van der Waals surface area contributed by atoms with Crippen molar-refractivity contribution in [2.24, 2.45) is 0 Å². The first-order valence-corrected chi connectivity index (χ1v) is 11.7. The number of anilines is 1. The molecule has 0 saturated carbocycles. The van der Waals surface area contributed by atoms with Gasteiger partial charge in [-0.2, -0.15) is 0 Å². The third-order valence-electron chi connectivity index (χ3n) is 5.26. The van der Waals surface area contributed by atoms with Crippen LogP contribution in [0.3, 0.4) is 0 Å². The molecular formula is C24H27N3O3S. The van der Waals surface area contributed by atoms with E-state index < -0.39 is 10.0 Å². The number of amides is 1. The van der Waals surface area contributed by atoms with E-state index in [1.54, 1.807) is 60.6 Å². The van der Waals surface area contributed by atoms with Gasteiger partial charge in [-0.3, -0.25) is 14.1 Å². The number of carbonyl (C=O) groups excluding carboxylic acids is 1. The molecule has 0 fully saturated rings. The molecule has 3 rings (SSSR count). The van der Waals surface area contributed by atoms with Crippen molar-refractivity contribution in [3.05, 3.63) is 90.3 Å². The van der Waals surface area contributed by atoms with Gasteiger partial charge in [-0.1, -0.05) is 24.3 Å². The summed E-state index contributed by atoms with van der Waals surface area (Å²) in [5.74, 6) is -0.154. The van der Waals surface area contributed by atoms with E-state index in [0.717, 1.165) is 5.56 Å². The van der Waals surface area contributed by atoms with Crippen LogP contribution in [0.4, 0.5) is 5.69 Å². The summed E-state index contributed by atoms with van der Waals surface area (Å²) in [5, 5.41) is 0. The van der Waals surface area contributed by atoms with Crippen LogP contribution in [0.15, 0.2) is 84.0 Å². The van der Waals surface area contributed by atoms with Gasteiger partial charge < -0.3 is 4.90 Å². The average Bonchev–Trinajstić information content (AvgIpc) is 2.81. The Labute approximate surface area is 184 Å². The lowest BCUT2D eigenvalue weighted by Gasteiger charge is -2.28. The third-order valence-corrected chi connectivity index (χ3v) is 7.17. The van der Waals surface area contributed by atoms with E-state index in [9.17, 15) is 13.2 Å². The molecule has 0 radical (unpaired) electrons. The molecule has 7 heteroatoms. The molecule has 1 aromatic heterocycles. The smallest absolute Gasteiger partial charge is 0.264 e. The predicted octanol–water partition coefficient (Wildman–Crippen LogP) is 4.52. The summed E-state index contributed by atoms with van der Waals surface area (Å²) >= 11 is 0. The zero-order chi connectivity index (χ0) is 22.4. The molecule has 0 saturated heterocycles. The van der Waals surface area contributed by atoms with Crippen molar-refractivity contribution < 1.29 is 13.2 Å². The molecule has 1 amide bonds. The Morgan fingerprint density at radius 1 is 0.935 bits per heavy atom. The summed E-state index contributed by atoms with van der Waals surface area (Å²) < 4.78 is 27.7. The maximum Gasteiger partial charge on any atom is 0.264 e. The fourth-order valence-electron chi connectivity index (χ4n) is 3.54. The fourth-order valence-corrected chi connectivity index (χ4v) is 5.02. The second-order valence-electron chi connectivity index (χ2n) is 7.08. The molecular weight excluding hydrogens is 410 g/mol. The predicted molar refractivity (Wildman–Crippen MR) is 122 cm³/mol. The van der Waals surface area contributed by atoms with Gasteiger partial charge in [0.2, 0.25) is 0 Å². The van der Waals surface area contributed by atoms with Gasteiger partial charge in [0.15, 0.2) is 0 Å². The van der Waals surface area contributed by atoms with Crippen molar-refractivity contribution in [2.75, 3.05) is 17.4 Å². The Morgan fingerprint density at radius 3 is 2.16 bits per heavy atom. The highest BCUT2D eigenvalue weighted by atomic mass is 32.2. The van der Waals surface area contributed by atoms with Crippen LogP contribution in [0.1, 0.15) is 42.7 Å². The zero-order valence-electron chi connectivity index (χ0n) is 18.0. The van der Waals surface area contributed by atoms with Gasteiger partial charge in [0.25, 0.3) is 15.9 Å². The summed E-state index contributed by atoms with van der Waals surface area (Å²) in [4.78, 5) is 19.1. The fraction of sp³-hybridized carbons (Fsp3) is 0.250. The van der Waals surface area contributed by atoms with Crippen LogP contribution in [0, 0.1) is 0 Å². The highest BCUT2D eigenvalue weighted by Gasteiger charge is 2.25. The monoisotopic (exact) mass is 437 g/mol. The molecule has 2 aromatic carbocycles. The molecule has 0 aliphatic rings. The maximum absolute atomic E-state index is 13.2. The van der Waals surface area contributed by atoms with Crippen molar-refractivity contribution in [1.29, 1.82) is 0 Å². The SMILES string of the molecule is CCN(C(=O)c1ccc(S(=O)(=O)N(CC)c2ccccc2)cc1)C(C)c1cccnc1. The number of pyridine rings is 1. The van der Waals surface area contributed by atoms with Crippen molar-refractivity contribution in [2.45, 2.75) is 31.7 Å². The Balaban J connectivity index is 1.85. The van der Waals surface area contributed by atoms with Crippen molar-refractivity contribution in [3.63, 3.8) is 0 Å². The standard InChI is InChI=1S/C24H27N3O3S/c1-4-26(19(3)21-10-9-17-25-18-21)24(28)20-13-15-23(16-14-20)31(29,30)27(5-2)22-11-7-6-8-12-22/h6-19H,4-5H2,1-3H3. The van der Waals surface area contributed by atoms with Crippen molar-refractivity contribution in [3.8, 4) is 0 Å². The number of nitrogens with zero attached hydrogens (tertiary/aromatic N) is 3. The second kappa shape index (κ2) is 9.75. The van der Waals surface area contributed by atoms with Gasteiger partial charge in [0.05, 0.1) is 16.6 Å². The number of aromatic nitrogens is 1. The summed E-state index contributed by atoms with van der Waals surface area (Å²) in [6.07, 6.45) is 3.45. The van der Waals surface area contributed by atoms with Gasteiger partial charge in [-0.25, -0.2) is 8.42 Å². The number of carbonyl (C=O) groups is 1. The van der Waals surface area contributed by atoms with E-state index in [1.165, 1.54) is 16.4 Å². The normalized spacial score (nSPS) is 12.2. The molecule has 1 atom stereocenters. The van der Waals surface area contributed by atoms with E-state index in [1.807, 2.05) is 32.0 Å². The van der Waals surface area contributed by atoms with E-state index in [-0.39, 0.29) is 16.8 Å². The maximum atomic E-state index is 13.2. The van der Waals surface area contributed by atoms with Crippen LogP contribution in [-0.2, 0) is 10.0 Å². The van der Waals surface area contributed by atoms with Gasteiger partial charge in [0, 0.05) is 31.0 Å². The van der Waals surface area contributed by atoms with E-state index in [4.69, 9.17) is 0 Å². The van der Waals surface area contributed by atoms with Crippen molar-refractivity contribution >= 4 is 21.6 Å². The lowest BCUT2D eigenvalue weighted by Crippen LogP contribution is -2.33. The topological polar surface area (TPSA) is 70.6 Å². The van der Waals surface area contributed by atoms with Gasteiger partial charge in [-0.15, -0.1) is 0 Å². The number of hydrogen-bond acceptors (Lipinski definition) is 4. The number of benzene rings is 2. The van der Waals surface area contributed by atoms with E-state index in [2.05, 4.69) is 4.98 Å². The first-order chi connectivity index (χ1) is 14.9. The van der Waals surface area contributed by atoms with Gasteiger partial charge >= 0.3 is 0 Å². The molecule has 31 heavy (non-hydrogen) atoms. The minimum Gasteiger partial charge on any atom is -0.332 e. The minimum absolute atomic E-state index is 0.150. The lowest BCUT2D eigenvalue weighted by molar-refractivity contribution is 0.0702. The molecule has 3 aromatic rings. The largest absolute Gasteiger partial charge is 0.332 e. The Morgan fingerprint density at radius 2 is 1.61 bits per heavy atom. The average molecular weight is 438 g/mol. The molecule has 0 spiro atoms. The summed E-state index contributed by atoms with van der Waals surface area (Å²) in [6, 6.07) is 18.8. The Kier molecular flexibility index (Phi) is 7.07. The number of sulfonamides is 1. The second-order valence-corrected chi connectivity index (χ2v) is 8.95. The minimum atomic E-state index is -3.73. The number of para-hydroxylation sites is 1. The molecule has 0 aliphatic heterocycles. The number of rotatable bonds is 8. The highest BCUT2D eigenvalue weighted by Crippen LogP contribution is 2.25. The van der Waals surface area contributed by atoms with Crippen LogP contribution in [0.25, 0.3) is 0 Å². The third kappa shape index (κ3) is 4.77. The van der Waals surface area contributed by atoms with Crippen LogP contribution >= 0.6 is 0 Å². The molecule has 162 valence electrons. The van der Waals surface area contributed by atoms with Crippen molar-refractivity contribution in [1.82, 2.24) is 9.88 Å². The van der Waals surface area contributed by atoms with Crippen LogP contribution in [0.5, 0.6) is 0 Å². The molecule has 0 N–H and O–H groups in total. The summed E-state index contributed by atoms with van der Waals surface area (Å²) in [7, 11) is -3.73. The lowest BCUT2D eigenvalue weighted by atomic mass is 10.1. The molecule has 0 aliphatic carbocycles. The summed E-state index contributed by atoms with van der Waals surface area (Å²) in [6.45, 7) is 6.49. The molecule has 0 bridgehead atoms. The number of hydrogen-bond donors (Lipinski definition) is 0. The van der Waals surface area contributed by atoms with Crippen LogP contribution < -0.4 is 4.31 Å². The first-order valence-electron chi connectivity index (χ1n) is 10.3. The zero-order valence-corrected chi connectivity index (χ0v) is 18.8. The quantitative estimate of drug-likeness (QED) is 0.519. The van der Waals surface area contributed by atoms with E-state index in [0.29, 0.717) is 24.3 Å². The van der Waals surface area contributed by atoms with E-state index >= 15 is 0 Å². The molecule has 6 nitrogen and oxygen atoms in total. The Bertz CT molecular complexity index is 1100. The molecule has 1 unspecified atom stereocenters. The van der Waals surface area contributed by atoms with Gasteiger partial charge in [-0.05, 0) is 68.8 Å². The first kappa shape index (κ1) is 22.5. The Hall–Kier alpha value is -3.19. The van der Waals surface area contributed by atoms with Crippen LogP contribution in [0.2, 0.25) is 0 Å². The summed E-state index contributed by atoms with van der Waals surface area (Å²) in [5.41, 5.74) is 1.99. The highest BCUT2D eigenvalue weighted by molar-refractivity contribution is 7.92. The molecule has 1 heterocycles.